The zero-order valence-electron chi connectivity index (χ0n) is 11.3. The number of nitrogens with one attached hydrogen (secondary N) is 1. The van der Waals surface area contributed by atoms with Crippen LogP contribution in [0, 0.1) is 5.82 Å². The molecule has 114 valence electrons. The molecule has 1 aromatic rings. The topological polar surface area (TPSA) is 72.2 Å². The lowest BCUT2D eigenvalue weighted by Gasteiger charge is -2.11. The van der Waals surface area contributed by atoms with E-state index in [0.29, 0.717) is 18.2 Å². The van der Waals surface area contributed by atoms with Crippen LogP contribution >= 0.6 is 23.4 Å². The van der Waals surface area contributed by atoms with Gasteiger partial charge in [0, 0.05) is 18.3 Å². The van der Waals surface area contributed by atoms with Crippen LogP contribution in [-0.2, 0) is 16.6 Å². The molecule has 0 spiro atoms. The molecule has 0 bridgehead atoms. The molecule has 0 aromatic heterocycles. The number of thioether (sulfide) groups is 1. The van der Waals surface area contributed by atoms with Gasteiger partial charge in [-0.25, -0.2) is 17.5 Å². The molecular weight excluding hydrogens is 323 g/mol. The van der Waals surface area contributed by atoms with Crippen molar-refractivity contribution in [2.24, 2.45) is 5.73 Å². The lowest BCUT2D eigenvalue weighted by Crippen LogP contribution is -2.26. The van der Waals surface area contributed by atoms with Crippen LogP contribution < -0.4 is 10.5 Å². The monoisotopic (exact) mass is 340 g/mol. The van der Waals surface area contributed by atoms with E-state index in [9.17, 15) is 12.8 Å². The van der Waals surface area contributed by atoms with Crippen molar-refractivity contribution in [3.63, 3.8) is 0 Å². The summed E-state index contributed by atoms with van der Waals surface area (Å²) in [5.41, 5.74) is 5.69. The van der Waals surface area contributed by atoms with E-state index in [2.05, 4.69) is 4.72 Å². The van der Waals surface area contributed by atoms with Crippen LogP contribution in [0.25, 0.3) is 0 Å². The molecule has 0 aliphatic carbocycles. The zero-order valence-corrected chi connectivity index (χ0v) is 13.7. The molecule has 0 saturated heterocycles. The molecule has 4 nitrogen and oxygen atoms in total. The summed E-state index contributed by atoms with van der Waals surface area (Å²) in [6.45, 7) is 2.28. The Morgan fingerprint density at radius 1 is 1.50 bits per heavy atom. The van der Waals surface area contributed by atoms with E-state index in [1.54, 1.807) is 11.8 Å². The number of hydrogen-bond donors (Lipinski definition) is 2. The lowest BCUT2D eigenvalue weighted by atomic mass is 10.2. The van der Waals surface area contributed by atoms with Gasteiger partial charge in [-0.1, -0.05) is 18.5 Å². The third kappa shape index (κ3) is 4.60. The molecule has 3 N–H and O–H groups in total. The molecule has 0 saturated carbocycles. The lowest BCUT2D eigenvalue weighted by molar-refractivity contribution is 0.574. The highest BCUT2D eigenvalue weighted by Crippen LogP contribution is 2.24. The summed E-state index contributed by atoms with van der Waals surface area (Å²) in [6, 6.07) is 2.20. The van der Waals surface area contributed by atoms with Gasteiger partial charge in [0.2, 0.25) is 10.0 Å². The van der Waals surface area contributed by atoms with Gasteiger partial charge < -0.3 is 5.73 Å². The van der Waals surface area contributed by atoms with E-state index < -0.39 is 15.8 Å². The Hall–Kier alpha value is -0.340. The summed E-state index contributed by atoms with van der Waals surface area (Å²) in [4.78, 5) is -0.156. The Bertz CT molecular complexity index is 567. The minimum absolute atomic E-state index is 0.0252. The van der Waals surface area contributed by atoms with Gasteiger partial charge in [-0.05, 0) is 30.4 Å². The first-order valence-electron chi connectivity index (χ1n) is 6.02. The van der Waals surface area contributed by atoms with Crippen LogP contribution in [0.2, 0.25) is 5.02 Å². The van der Waals surface area contributed by atoms with Crippen LogP contribution in [0.3, 0.4) is 0 Å². The number of sulfonamides is 1. The summed E-state index contributed by atoms with van der Waals surface area (Å²) < 4.78 is 40.2. The molecule has 0 radical (unpaired) electrons. The van der Waals surface area contributed by atoms with Gasteiger partial charge in [0.1, 0.15) is 5.82 Å². The van der Waals surface area contributed by atoms with E-state index in [4.69, 9.17) is 17.3 Å². The van der Waals surface area contributed by atoms with Gasteiger partial charge in [-0.2, -0.15) is 11.8 Å². The Balaban J connectivity index is 2.90. The first kappa shape index (κ1) is 17.7. The minimum atomic E-state index is -3.75. The summed E-state index contributed by atoms with van der Waals surface area (Å²) >= 11 is 7.36. The molecule has 0 aliphatic heterocycles. The SMILES string of the molecule is CSC(C)CCNS(=O)(=O)c1cc(F)c(Cl)c(CN)c1. The van der Waals surface area contributed by atoms with E-state index >= 15 is 0 Å². The number of rotatable bonds is 7. The second-order valence-corrected chi connectivity index (χ2v) is 7.74. The van der Waals surface area contributed by atoms with Crippen molar-refractivity contribution in [3.05, 3.63) is 28.5 Å². The fourth-order valence-corrected chi connectivity index (χ4v) is 3.17. The Labute approximate surface area is 128 Å². The largest absolute Gasteiger partial charge is 0.326 e. The molecule has 1 unspecified atom stereocenters. The maximum absolute atomic E-state index is 13.6. The Morgan fingerprint density at radius 3 is 2.70 bits per heavy atom. The molecule has 0 heterocycles. The Morgan fingerprint density at radius 2 is 2.15 bits per heavy atom. The van der Waals surface area contributed by atoms with Crippen LogP contribution in [0.4, 0.5) is 4.39 Å². The average Bonchev–Trinajstić information content (AvgIpc) is 2.41. The van der Waals surface area contributed by atoms with Gasteiger partial charge >= 0.3 is 0 Å². The summed E-state index contributed by atoms with van der Waals surface area (Å²) in [6.07, 6.45) is 2.65. The van der Waals surface area contributed by atoms with Gasteiger partial charge in [0.05, 0.1) is 9.92 Å². The van der Waals surface area contributed by atoms with E-state index in [1.165, 1.54) is 6.07 Å². The van der Waals surface area contributed by atoms with Crippen molar-refractivity contribution < 1.29 is 12.8 Å². The number of nitrogens with two attached hydrogens (primary N) is 1. The van der Waals surface area contributed by atoms with Gasteiger partial charge in [0.25, 0.3) is 0 Å². The summed E-state index contributed by atoms with van der Waals surface area (Å²) in [5, 5.41) is 0.210. The summed E-state index contributed by atoms with van der Waals surface area (Å²) in [5.74, 6) is -0.785. The first-order chi connectivity index (χ1) is 9.31. The highest BCUT2D eigenvalue weighted by atomic mass is 35.5. The first-order valence-corrected chi connectivity index (χ1v) is 9.17. The number of halogens is 2. The van der Waals surface area contributed by atoms with Gasteiger partial charge in [0.15, 0.2) is 0 Å². The van der Waals surface area contributed by atoms with Crippen molar-refractivity contribution in [2.45, 2.75) is 30.0 Å². The molecule has 8 heteroatoms. The van der Waals surface area contributed by atoms with Crippen LogP contribution in [0.15, 0.2) is 17.0 Å². The van der Waals surface area contributed by atoms with Crippen molar-refractivity contribution in [2.75, 3.05) is 12.8 Å². The average molecular weight is 341 g/mol. The molecule has 1 atom stereocenters. The molecule has 1 rings (SSSR count). The number of benzene rings is 1. The normalized spacial score (nSPS) is 13.4. The fourth-order valence-electron chi connectivity index (χ4n) is 1.52. The highest BCUT2D eigenvalue weighted by molar-refractivity contribution is 7.99. The third-order valence-corrected chi connectivity index (χ3v) is 5.76. The fraction of sp³-hybridized carbons (Fsp3) is 0.500. The van der Waals surface area contributed by atoms with Crippen molar-refractivity contribution >= 4 is 33.4 Å². The van der Waals surface area contributed by atoms with E-state index in [0.717, 1.165) is 6.07 Å². The zero-order chi connectivity index (χ0) is 15.3. The van der Waals surface area contributed by atoms with Crippen LogP contribution in [-0.4, -0.2) is 26.5 Å². The third-order valence-electron chi connectivity index (χ3n) is 2.85. The molecule has 0 amide bonds. The van der Waals surface area contributed by atoms with Gasteiger partial charge in [-0.3, -0.25) is 0 Å². The standard InChI is InChI=1S/C12H18ClFN2O2S2/c1-8(19-2)3-4-16-20(17,18)10-5-9(7-15)12(13)11(14)6-10/h5-6,8,16H,3-4,7,15H2,1-2H3. The quantitative estimate of drug-likeness (QED) is 0.799. The maximum Gasteiger partial charge on any atom is 0.240 e. The second kappa shape index (κ2) is 7.61. The number of hydrogen-bond acceptors (Lipinski definition) is 4. The highest BCUT2D eigenvalue weighted by Gasteiger charge is 2.18. The van der Waals surface area contributed by atoms with Gasteiger partial charge in [-0.15, -0.1) is 0 Å². The predicted molar refractivity (Wildman–Crippen MR) is 82.1 cm³/mol. The van der Waals surface area contributed by atoms with Crippen molar-refractivity contribution in [1.29, 1.82) is 0 Å². The Kier molecular flexibility index (Phi) is 6.74. The summed E-state index contributed by atoms with van der Waals surface area (Å²) in [7, 11) is -3.75. The van der Waals surface area contributed by atoms with Crippen molar-refractivity contribution in [1.82, 2.24) is 4.72 Å². The smallest absolute Gasteiger partial charge is 0.240 e. The van der Waals surface area contributed by atoms with E-state index in [-0.39, 0.29) is 22.0 Å². The molecular formula is C12H18ClFN2O2S2. The van der Waals surface area contributed by atoms with Crippen molar-refractivity contribution in [3.8, 4) is 0 Å². The molecule has 20 heavy (non-hydrogen) atoms. The second-order valence-electron chi connectivity index (χ2n) is 4.32. The molecule has 0 fully saturated rings. The molecule has 0 aliphatic rings. The minimum Gasteiger partial charge on any atom is -0.326 e. The molecule has 1 aromatic carbocycles. The predicted octanol–water partition coefficient (Wildman–Crippen LogP) is 2.36. The maximum atomic E-state index is 13.6. The van der Waals surface area contributed by atoms with Crippen LogP contribution in [0.5, 0.6) is 0 Å². The van der Waals surface area contributed by atoms with E-state index in [1.807, 2.05) is 13.2 Å². The van der Waals surface area contributed by atoms with Crippen LogP contribution in [0.1, 0.15) is 18.9 Å².